The largest absolute Gasteiger partial charge is 0.463 e. The van der Waals surface area contributed by atoms with Crippen molar-refractivity contribution in [3.63, 3.8) is 0 Å². The Morgan fingerprint density at radius 1 is 1.23 bits per heavy atom. The van der Waals surface area contributed by atoms with Crippen molar-refractivity contribution in [2.75, 3.05) is 20.2 Å². The van der Waals surface area contributed by atoms with Crippen molar-refractivity contribution < 1.29 is 23.9 Å². The van der Waals surface area contributed by atoms with Crippen LogP contribution < -0.4 is 22.1 Å². The summed E-state index contributed by atoms with van der Waals surface area (Å²) in [5.41, 5.74) is 10.6. The molecule has 0 spiro atoms. The maximum atomic E-state index is 13.8. The molecule has 0 unspecified atom stereocenters. The highest BCUT2D eigenvalue weighted by molar-refractivity contribution is 6.32. The fraction of sp³-hybridized carbons (Fsp3) is 0.467. The van der Waals surface area contributed by atoms with Crippen LogP contribution in [0.1, 0.15) is 73.1 Å². The van der Waals surface area contributed by atoms with Crippen molar-refractivity contribution in [3.05, 3.63) is 70.6 Å². The van der Waals surface area contributed by atoms with Crippen molar-refractivity contribution in [2.24, 2.45) is 16.5 Å². The van der Waals surface area contributed by atoms with Gasteiger partial charge in [0.2, 0.25) is 5.78 Å². The van der Waals surface area contributed by atoms with Crippen LogP contribution in [0.2, 0.25) is 0 Å². The first kappa shape index (κ1) is 29.1. The summed E-state index contributed by atoms with van der Waals surface area (Å²) in [6.07, 6.45) is 9.92. The second-order valence-corrected chi connectivity index (χ2v) is 10.5. The summed E-state index contributed by atoms with van der Waals surface area (Å²) in [7, 11) is 1.60. The summed E-state index contributed by atoms with van der Waals surface area (Å²) in [5.74, 6) is -0.887. The molecule has 2 aliphatic heterocycles. The Morgan fingerprint density at radius 3 is 2.62 bits per heavy atom. The fourth-order valence-electron chi connectivity index (χ4n) is 5.37. The predicted octanol–water partition coefficient (Wildman–Crippen LogP) is 2.66. The number of aliphatic imine (C=N–C) groups is 1. The number of ketones is 2. The van der Waals surface area contributed by atoms with Gasteiger partial charge in [-0.25, -0.2) is 4.79 Å². The van der Waals surface area contributed by atoms with Gasteiger partial charge in [-0.1, -0.05) is 68.2 Å². The molecule has 0 amide bonds. The molecule has 214 valence electrons. The smallest absolute Gasteiger partial charge is 0.350 e. The van der Waals surface area contributed by atoms with E-state index in [1.807, 2.05) is 25.2 Å². The number of rotatable bonds is 12. The van der Waals surface area contributed by atoms with Crippen LogP contribution in [-0.4, -0.2) is 60.9 Å². The van der Waals surface area contributed by atoms with Crippen molar-refractivity contribution in [3.8, 4) is 0 Å². The average Bonchev–Trinajstić information content (AvgIpc) is 3.66. The van der Waals surface area contributed by atoms with Gasteiger partial charge in [-0.15, -0.1) is 0 Å². The number of guanidine groups is 1. The molecule has 1 aromatic rings. The summed E-state index contributed by atoms with van der Waals surface area (Å²) >= 11 is 0. The van der Waals surface area contributed by atoms with E-state index in [9.17, 15) is 14.4 Å². The van der Waals surface area contributed by atoms with E-state index < -0.39 is 23.0 Å². The number of benzene rings is 1. The minimum absolute atomic E-state index is 0.0470. The standard InChI is InChI=1S/C30H39N5O5/c1-4-5-6-9-16-39-27(38)30-26(37)22-11-8-7-10-21(22)25(36)29(30,40-30)14-12-19(2)17-23(35-28(32)33-3)20-13-15-34-24(31)18-20/h7-8,10-13,18,23,34H,4-6,9,14-17,31H2,1-3H3,(H3,32,33,35)/b19-12+/t23-,29+,30+/m1/s1. The molecular formula is C30H39N5O5. The molecule has 1 fully saturated rings. The van der Waals surface area contributed by atoms with Gasteiger partial charge in [-0.05, 0) is 31.4 Å². The van der Waals surface area contributed by atoms with Crippen molar-refractivity contribution in [1.82, 2.24) is 10.6 Å². The van der Waals surface area contributed by atoms with Crippen LogP contribution >= 0.6 is 0 Å². The van der Waals surface area contributed by atoms with E-state index in [4.69, 9.17) is 20.9 Å². The van der Waals surface area contributed by atoms with Crippen molar-refractivity contribution >= 4 is 23.5 Å². The fourth-order valence-corrected chi connectivity index (χ4v) is 5.37. The zero-order valence-corrected chi connectivity index (χ0v) is 23.4. The van der Waals surface area contributed by atoms with Crippen LogP contribution in [0.25, 0.3) is 0 Å². The number of dihydropyridines is 1. The molecule has 10 heteroatoms. The summed E-state index contributed by atoms with van der Waals surface area (Å²) in [4.78, 5) is 44.8. The summed E-state index contributed by atoms with van der Waals surface area (Å²) in [6, 6.07) is 6.29. The number of nitrogens with zero attached hydrogens (tertiary/aromatic N) is 1. The van der Waals surface area contributed by atoms with E-state index in [1.165, 1.54) is 0 Å². The van der Waals surface area contributed by atoms with E-state index in [0.29, 0.717) is 25.2 Å². The van der Waals surface area contributed by atoms with E-state index in [0.717, 1.165) is 30.4 Å². The van der Waals surface area contributed by atoms with Crippen LogP contribution in [0.15, 0.2) is 64.5 Å². The zero-order chi connectivity index (χ0) is 28.9. The normalized spacial score (nSPS) is 24.7. The lowest BCUT2D eigenvalue weighted by molar-refractivity contribution is -0.148. The number of carbonyl (C=O) groups excluding carboxylic acids is 3. The Hall–Kier alpha value is -3.92. The topological polar surface area (TPSA) is 161 Å². The molecule has 3 aliphatic rings. The van der Waals surface area contributed by atoms with Crippen LogP contribution in [0.5, 0.6) is 0 Å². The maximum Gasteiger partial charge on any atom is 0.350 e. The molecule has 3 atom stereocenters. The first-order valence-electron chi connectivity index (χ1n) is 13.8. The first-order chi connectivity index (χ1) is 19.2. The summed E-state index contributed by atoms with van der Waals surface area (Å²) in [5, 5.41) is 6.25. The number of Topliss-reactive ketones (excluding diaryl/α,β-unsaturated/α-hetero) is 2. The Balaban J connectivity index is 1.58. The molecule has 4 rings (SSSR count). The highest BCUT2D eigenvalue weighted by Crippen LogP contribution is 2.58. The second kappa shape index (κ2) is 12.1. The van der Waals surface area contributed by atoms with E-state index in [2.05, 4.69) is 22.5 Å². The number of fused-ring (bicyclic) bond motifs is 2. The number of unbranched alkanes of at least 4 members (excludes halogenated alkanes) is 3. The highest BCUT2D eigenvalue weighted by atomic mass is 16.7. The number of nitrogens with one attached hydrogen (secondary N) is 2. The van der Waals surface area contributed by atoms with Gasteiger partial charge in [0.1, 0.15) is 0 Å². The second-order valence-electron chi connectivity index (χ2n) is 10.5. The predicted molar refractivity (Wildman–Crippen MR) is 153 cm³/mol. The Morgan fingerprint density at radius 2 is 1.95 bits per heavy atom. The quantitative estimate of drug-likeness (QED) is 0.0584. The summed E-state index contributed by atoms with van der Waals surface area (Å²) < 4.78 is 11.5. The number of hydrogen-bond acceptors (Lipinski definition) is 8. The molecule has 10 nitrogen and oxygen atoms in total. The maximum absolute atomic E-state index is 13.8. The number of ether oxygens (including phenoxy) is 2. The van der Waals surface area contributed by atoms with Gasteiger partial charge in [0, 0.05) is 31.1 Å². The van der Waals surface area contributed by atoms with Crippen molar-refractivity contribution in [2.45, 2.75) is 69.6 Å². The lowest BCUT2D eigenvalue weighted by Crippen LogP contribution is -2.50. The highest BCUT2D eigenvalue weighted by Gasteiger charge is 2.85. The van der Waals surface area contributed by atoms with E-state index in [1.54, 1.807) is 31.3 Å². The minimum atomic E-state index is -1.97. The van der Waals surface area contributed by atoms with Gasteiger partial charge >= 0.3 is 5.97 Å². The monoisotopic (exact) mass is 549 g/mol. The molecule has 2 heterocycles. The number of carbonyl (C=O) groups is 3. The minimum Gasteiger partial charge on any atom is -0.463 e. The molecule has 1 saturated heterocycles. The van der Waals surface area contributed by atoms with Gasteiger partial charge in [0.25, 0.3) is 5.60 Å². The van der Waals surface area contributed by atoms with Crippen LogP contribution in [0.4, 0.5) is 0 Å². The van der Waals surface area contributed by atoms with Gasteiger partial charge < -0.3 is 31.6 Å². The molecule has 0 radical (unpaired) electrons. The third kappa shape index (κ3) is 5.40. The molecule has 0 saturated carbocycles. The van der Waals surface area contributed by atoms with Gasteiger partial charge in [-0.3, -0.25) is 14.6 Å². The molecule has 0 aromatic heterocycles. The molecule has 1 aliphatic carbocycles. The number of hydrogen-bond donors (Lipinski definition) is 4. The van der Waals surface area contributed by atoms with Crippen LogP contribution in [-0.2, 0) is 14.3 Å². The Kier molecular flexibility index (Phi) is 8.78. The van der Waals surface area contributed by atoms with Gasteiger partial charge in [0.05, 0.1) is 18.5 Å². The SMILES string of the molecule is CCCCCCOC(=O)[C@]12O[C@@]1(C/C=C(\C)C[C@@H](NC(N)=NC)C1=CCNC(N)=C1)C(=O)c1ccccc1C2=O. The lowest BCUT2D eigenvalue weighted by Gasteiger charge is -2.25. The van der Waals surface area contributed by atoms with Crippen molar-refractivity contribution in [1.29, 1.82) is 0 Å². The average molecular weight is 550 g/mol. The van der Waals surface area contributed by atoms with Crippen LogP contribution in [0.3, 0.4) is 0 Å². The molecule has 40 heavy (non-hydrogen) atoms. The summed E-state index contributed by atoms with van der Waals surface area (Å²) in [6.45, 7) is 4.76. The number of nitrogens with two attached hydrogens (primary N) is 2. The first-order valence-corrected chi connectivity index (χ1v) is 13.8. The molecular weight excluding hydrogens is 510 g/mol. The number of epoxide rings is 1. The Bertz CT molecular complexity index is 1300. The van der Waals surface area contributed by atoms with Gasteiger partial charge in [-0.2, -0.15) is 0 Å². The molecule has 0 bridgehead atoms. The lowest BCUT2D eigenvalue weighted by atomic mass is 9.72. The third-order valence-corrected chi connectivity index (χ3v) is 7.67. The number of esters is 1. The van der Waals surface area contributed by atoms with E-state index >= 15 is 0 Å². The third-order valence-electron chi connectivity index (χ3n) is 7.67. The zero-order valence-electron chi connectivity index (χ0n) is 23.4. The van der Waals surface area contributed by atoms with Crippen LogP contribution in [0, 0.1) is 0 Å². The van der Waals surface area contributed by atoms with Gasteiger partial charge in [0.15, 0.2) is 17.3 Å². The Labute approximate surface area is 234 Å². The molecule has 6 N–H and O–H groups in total. The van der Waals surface area contributed by atoms with E-state index in [-0.39, 0.29) is 41.9 Å². The molecule has 1 aromatic carbocycles.